The van der Waals surface area contributed by atoms with E-state index in [0.29, 0.717) is 40.5 Å². The smallest absolute Gasteiger partial charge is 0.315 e. The van der Waals surface area contributed by atoms with Crippen LogP contribution < -0.4 is 5.32 Å². The standard InChI is InChI=1S/C33H34ClN5O4/c1-22-29(33(41)42-2)30(25-14-9-15-26(34)20-25)31(28(38-22)21-43-19-18-37-39-35)32(40)36-17-16-27(23-10-5-3-6-11-23)24-12-7-4-8-13-24/h3-15,20,27,29-30H,16-19,21H2,1-2H3,(H,36,40). The third-order valence-corrected chi connectivity index (χ3v) is 7.62. The van der Waals surface area contributed by atoms with Crippen LogP contribution in [0.3, 0.4) is 0 Å². The minimum Gasteiger partial charge on any atom is -0.468 e. The van der Waals surface area contributed by atoms with Crippen LogP contribution >= 0.6 is 11.6 Å². The molecule has 0 saturated heterocycles. The fraction of sp³-hybridized carbons (Fsp3) is 0.303. The molecule has 0 bridgehead atoms. The molecule has 0 spiro atoms. The van der Waals surface area contributed by atoms with Crippen LogP contribution in [0.25, 0.3) is 10.4 Å². The van der Waals surface area contributed by atoms with E-state index >= 15 is 0 Å². The Morgan fingerprint density at radius 1 is 1.05 bits per heavy atom. The summed E-state index contributed by atoms with van der Waals surface area (Å²) in [4.78, 5) is 34.6. The number of methoxy groups -OCH3 is 1. The van der Waals surface area contributed by atoms with E-state index in [9.17, 15) is 9.59 Å². The van der Waals surface area contributed by atoms with E-state index in [-0.39, 0.29) is 31.6 Å². The normalized spacial score (nSPS) is 16.3. The van der Waals surface area contributed by atoms with Gasteiger partial charge >= 0.3 is 5.97 Å². The summed E-state index contributed by atoms with van der Waals surface area (Å²) in [6.07, 6.45) is 0.648. The first kappa shape index (κ1) is 31.5. The SMILES string of the molecule is COC(=O)C1C(C)=NC(COCCN=[N+]=[N-])=C(C(=O)NCCC(c2ccccc2)c2ccccc2)C1c1cccc(Cl)c1. The predicted octanol–water partition coefficient (Wildman–Crippen LogP) is 6.61. The Balaban J connectivity index is 1.67. The Hall–Kier alpha value is -4.43. The number of rotatable bonds is 13. The Bertz CT molecular complexity index is 1480. The maximum Gasteiger partial charge on any atom is 0.315 e. The van der Waals surface area contributed by atoms with Gasteiger partial charge in [0.1, 0.15) is 5.92 Å². The quantitative estimate of drug-likeness (QED) is 0.0780. The summed E-state index contributed by atoms with van der Waals surface area (Å²) >= 11 is 6.36. The number of aliphatic imine (C=N–C) groups is 1. The summed E-state index contributed by atoms with van der Waals surface area (Å²) in [5, 5.41) is 7.07. The molecule has 9 nitrogen and oxygen atoms in total. The summed E-state index contributed by atoms with van der Waals surface area (Å²) < 4.78 is 10.9. The van der Waals surface area contributed by atoms with Crippen molar-refractivity contribution in [3.8, 4) is 0 Å². The number of hydrogen-bond donors (Lipinski definition) is 1. The van der Waals surface area contributed by atoms with Gasteiger partial charge in [0.05, 0.1) is 26.0 Å². The number of ether oxygens (including phenoxy) is 2. The van der Waals surface area contributed by atoms with E-state index in [4.69, 9.17) is 26.6 Å². The third-order valence-electron chi connectivity index (χ3n) is 7.38. The summed E-state index contributed by atoms with van der Waals surface area (Å²) in [5.74, 6) is -2.34. The molecular weight excluding hydrogens is 566 g/mol. The Labute approximate surface area is 256 Å². The van der Waals surface area contributed by atoms with E-state index in [1.54, 1.807) is 25.1 Å². The van der Waals surface area contributed by atoms with Crippen molar-refractivity contribution in [2.75, 3.05) is 33.4 Å². The number of amides is 1. The molecule has 2 atom stereocenters. The molecular formula is C33H34ClN5O4. The van der Waals surface area contributed by atoms with Gasteiger partial charge in [0, 0.05) is 46.1 Å². The van der Waals surface area contributed by atoms with Gasteiger partial charge < -0.3 is 14.8 Å². The molecule has 3 aromatic rings. The van der Waals surface area contributed by atoms with Gasteiger partial charge in [-0.2, -0.15) is 0 Å². The zero-order valence-electron chi connectivity index (χ0n) is 24.2. The van der Waals surface area contributed by atoms with E-state index in [1.165, 1.54) is 7.11 Å². The first-order valence-electron chi connectivity index (χ1n) is 14.0. The van der Waals surface area contributed by atoms with E-state index < -0.39 is 17.8 Å². The molecule has 222 valence electrons. The molecule has 10 heteroatoms. The van der Waals surface area contributed by atoms with Crippen LogP contribution in [0.5, 0.6) is 0 Å². The highest BCUT2D eigenvalue weighted by atomic mass is 35.5. The average molecular weight is 600 g/mol. The maximum atomic E-state index is 14.1. The number of carbonyl (C=O) groups excluding carboxylic acids is 2. The number of nitrogens with one attached hydrogen (secondary N) is 1. The molecule has 0 saturated carbocycles. The van der Waals surface area contributed by atoms with E-state index in [1.807, 2.05) is 42.5 Å². The Morgan fingerprint density at radius 2 is 1.72 bits per heavy atom. The minimum absolute atomic E-state index is 0.0113. The van der Waals surface area contributed by atoms with Crippen molar-refractivity contribution in [3.05, 3.63) is 128 Å². The number of benzene rings is 3. The lowest BCUT2D eigenvalue weighted by atomic mass is 9.75. The van der Waals surface area contributed by atoms with E-state index in [2.05, 4.69) is 44.6 Å². The second kappa shape index (κ2) is 15.7. The summed E-state index contributed by atoms with van der Waals surface area (Å²) in [7, 11) is 1.32. The molecule has 0 aromatic heterocycles. The highest BCUT2D eigenvalue weighted by Crippen LogP contribution is 2.40. The number of halogens is 1. The lowest BCUT2D eigenvalue weighted by Gasteiger charge is -2.32. The molecule has 43 heavy (non-hydrogen) atoms. The van der Waals surface area contributed by atoms with Crippen LogP contribution in [-0.4, -0.2) is 51.0 Å². The predicted molar refractivity (Wildman–Crippen MR) is 167 cm³/mol. The highest BCUT2D eigenvalue weighted by molar-refractivity contribution is 6.30. The van der Waals surface area contributed by atoms with Gasteiger partial charge in [0.2, 0.25) is 5.91 Å². The van der Waals surface area contributed by atoms with Gasteiger partial charge in [0.25, 0.3) is 0 Å². The molecule has 1 aliphatic heterocycles. The Morgan fingerprint density at radius 3 is 2.33 bits per heavy atom. The summed E-state index contributed by atoms with van der Waals surface area (Å²) in [6, 6.07) is 27.4. The monoisotopic (exact) mass is 599 g/mol. The van der Waals surface area contributed by atoms with Crippen molar-refractivity contribution in [2.45, 2.75) is 25.2 Å². The highest BCUT2D eigenvalue weighted by Gasteiger charge is 2.42. The van der Waals surface area contributed by atoms with Crippen LogP contribution in [0.1, 0.15) is 41.9 Å². The number of hydrogen-bond acceptors (Lipinski definition) is 6. The molecule has 0 radical (unpaired) electrons. The summed E-state index contributed by atoms with van der Waals surface area (Å²) in [5.41, 5.74) is 12.8. The van der Waals surface area contributed by atoms with Crippen LogP contribution in [0.2, 0.25) is 5.02 Å². The fourth-order valence-electron chi connectivity index (χ4n) is 5.45. The minimum atomic E-state index is -0.836. The topological polar surface area (TPSA) is 126 Å². The van der Waals surface area contributed by atoms with Gasteiger partial charge in [-0.25, -0.2) is 0 Å². The zero-order chi connectivity index (χ0) is 30.6. The van der Waals surface area contributed by atoms with Crippen molar-refractivity contribution < 1.29 is 19.1 Å². The second-order valence-electron chi connectivity index (χ2n) is 10.1. The number of carbonyl (C=O) groups is 2. The number of esters is 1. The molecule has 1 heterocycles. The van der Waals surface area contributed by atoms with Crippen molar-refractivity contribution in [1.29, 1.82) is 0 Å². The summed E-state index contributed by atoms with van der Waals surface area (Å²) in [6.45, 7) is 2.38. The third kappa shape index (κ3) is 8.11. The molecule has 2 unspecified atom stereocenters. The lowest BCUT2D eigenvalue weighted by molar-refractivity contribution is -0.143. The maximum absolute atomic E-state index is 14.1. The van der Waals surface area contributed by atoms with Crippen LogP contribution in [0.4, 0.5) is 0 Å². The number of azide groups is 1. The van der Waals surface area contributed by atoms with Crippen molar-refractivity contribution in [2.24, 2.45) is 16.0 Å². The lowest BCUT2D eigenvalue weighted by Crippen LogP contribution is -2.40. The van der Waals surface area contributed by atoms with Crippen molar-refractivity contribution in [1.82, 2.24) is 5.32 Å². The molecule has 3 aromatic carbocycles. The van der Waals surface area contributed by atoms with Gasteiger partial charge in [-0.15, -0.1) is 0 Å². The van der Waals surface area contributed by atoms with Crippen LogP contribution in [0, 0.1) is 5.92 Å². The molecule has 1 aliphatic rings. The molecule has 0 aliphatic carbocycles. The first-order chi connectivity index (χ1) is 20.9. The van der Waals surface area contributed by atoms with E-state index in [0.717, 1.165) is 11.1 Å². The largest absolute Gasteiger partial charge is 0.468 e. The molecule has 1 N–H and O–H groups in total. The first-order valence-corrected chi connectivity index (χ1v) is 14.4. The fourth-order valence-corrected chi connectivity index (χ4v) is 5.64. The van der Waals surface area contributed by atoms with Crippen LogP contribution in [-0.2, 0) is 19.1 Å². The van der Waals surface area contributed by atoms with Crippen molar-refractivity contribution >= 4 is 29.2 Å². The molecule has 0 fully saturated rings. The van der Waals surface area contributed by atoms with Gasteiger partial charge in [0.15, 0.2) is 0 Å². The number of nitrogens with zero attached hydrogens (tertiary/aromatic N) is 4. The molecule has 1 amide bonds. The van der Waals surface area contributed by atoms with Gasteiger partial charge in [-0.05, 0) is 47.7 Å². The van der Waals surface area contributed by atoms with Gasteiger partial charge in [-0.1, -0.05) is 89.5 Å². The van der Waals surface area contributed by atoms with Gasteiger partial charge in [-0.3, -0.25) is 14.6 Å². The van der Waals surface area contributed by atoms with Crippen molar-refractivity contribution in [3.63, 3.8) is 0 Å². The average Bonchev–Trinajstić information content (AvgIpc) is 3.03. The Kier molecular flexibility index (Phi) is 11.5. The molecule has 4 rings (SSSR count). The zero-order valence-corrected chi connectivity index (χ0v) is 24.9. The second-order valence-corrected chi connectivity index (χ2v) is 10.5. The van der Waals surface area contributed by atoms with Crippen LogP contribution in [0.15, 0.2) is 106 Å².